The van der Waals surface area contributed by atoms with Crippen molar-refractivity contribution in [1.29, 1.82) is 0 Å². The Morgan fingerprint density at radius 2 is 2.00 bits per heavy atom. The molecule has 90 valence electrons. The minimum absolute atomic E-state index is 0.301. The van der Waals surface area contributed by atoms with Gasteiger partial charge in [-0.25, -0.2) is 0 Å². The van der Waals surface area contributed by atoms with Crippen molar-refractivity contribution in [3.05, 3.63) is 0 Å². The minimum Gasteiger partial charge on any atom is -0.394 e. The van der Waals surface area contributed by atoms with Gasteiger partial charge in [0.25, 0.3) is 0 Å². The van der Waals surface area contributed by atoms with Crippen molar-refractivity contribution in [3.8, 4) is 0 Å². The van der Waals surface area contributed by atoms with E-state index in [0.717, 1.165) is 0 Å². The van der Waals surface area contributed by atoms with Crippen molar-refractivity contribution >= 4 is 13.8 Å². The number of halogens is 3. The molecular weight excluding hydrogens is 226 g/mol. The number of amides is 1. The SMILES string of the molecule is [B][C@H]1[C@H](O)[C@H](C)[C@@H](CO)N1C(=O)C(F)(F)F. The molecule has 0 spiro atoms. The molecule has 0 saturated carbocycles. The molecule has 1 amide bonds. The van der Waals surface area contributed by atoms with Gasteiger partial charge in [-0.3, -0.25) is 4.79 Å². The summed E-state index contributed by atoms with van der Waals surface area (Å²) in [5, 5.41) is 18.4. The van der Waals surface area contributed by atoms with E-state index < -0.39 is 42.7 Å². The van der Waals surface area contributed by atoms with Crippen molar-refractivity contribution in [2.75, 3.05) is 6.61 Å². The van der Waals surface area contributed by atoms with Crippen LogP contribution in [0, 0.1) is 5.92 Å². The lowest BCUT2D eigenvalue weighted by Crippen LogP contribution is -2.50. The molecule has 0 aromatic carbocycles. The Labute approximate surface area is 91.4 Å². The fourth-order valence-corrected chi connectivity index (χ4v) is 1.86. The minimum atomic E-state index is -5.06. The van der Waals surface area contributed by atoms with Crippen LogP contribution in [0.2, 0.25) is 0 Å². The van der Waals surface area contributed by atoms with Gasteiger partial charge in [-0.2, -0.15) is 13.2 Å². The molecule has 1 aliphatic heterocycles. The highest BCUT2D eigenvalue weighted by Crippen LogP contribution is 2.32. The van der Waals surface area contributed by atoms with Gasteiger partial charge < -0.3 is 15.1 Å². The number of likely N-dealkylation sites (tertiary alicyclic amines) is 1. The van der Waals surface area contributed by atoms with Crippen LogP contribution in [0.1, 0.15) is 6.92 Å². The van der Waals surface area contributed by atoms with Gasteiger partial charge in [-0.15, -0.1) is 0 Å². The summed E-state index contributed by atoms with van der Waals surface area (Å²) in [5.74, 6) is -4.28. The normalized spacial score (nSPS) is 35.5. The van der Waals surface area contributed by atoms with Crippen LogP contribution >= 0.6 is 0 Å². The average molecular weight is 237 g/mol. The van der Waals surface area contributed by atoms with Crippen LogP contribution in [0.25, 0.3) is 0 Å². The summed E-state index contributed by atoms with van der Waals surface area (Å²) in [5.41, 5.74) is 0. The molecule has 1 rings (SSSR count). The fraction of sp³-hybridized carbons (Fsp3) is 0.875. The molecule has 0 unspecified atom stereocenters. The first-order chi connectivity index (χ1) is 7.21. The number of aliphatic hydroxyl groups is 2. The molecule has 2 radical (unpaired) electrons. The number of alkyl halides is 3. The molecule has 16 heavy (non-hydrogen) atoms. The van der Waals surface area contributed by atoms with Gasteiger partial charge in [0.1, 0.15) is 7.85 Å². The maximum absolute atomic E-state index is 12.2. The maximum atomic E-state index is 12.2. The van der Waals surface area contributed by atoms with Crippen molar-refractivity contribution < 1.29 is 28.2 Å². The zero-order valence-corrected chi connectivity index (χ0v) is 8.48. The zero-order valence-electron chi connectivity index (χ0n) is 8.48. The second kappa shape index (κ2) is 4.25. The van der Waals surface area contributed by atoms with Crippen molar-refractivity contribution in [2.45, 2.75) is 31.2 Å². The molecule has 4 atom stereocenters. The van der Waals surface area contributed by atoms with Gasteiger partial charge in [0.15, 0.2) is 0 Å². The van der Waals surface area contributed by atoms with Gasteiger partial charge >= 0.3 is 12.1 Å². The lowest BCUT2D eigenvalue weighted by Gasteiger charge is -2.29. The van der Waals surface area contributed by atoms with E-state index in [1.807, 2.05) is 0 Å². The summed E-state index contributed by atoms with van der Waals surface area (Å²) in [7, 11) is 5.32. The molecule has 8 heteroatoms. The van der Waals surface area contributed by atoms with E-state index >= 15 is 0 Å². The van der Waals surface area contributed by atoms with Gasteiger partial charge in [-0.1, -0.05) is 6.92 Å². The second-order valence-corrected chi connectivity index (χ2v) is 3.80. The first kappa shape index (κ1) is 13.3. The summed E-state index contributed by atoms with van der Waals surface area (Å²) in [6.07, 6.45) is -6.34. The third-order valence-electron chi connectivity index (χ3n) is 2.84. The summed E-state index contributed by atoms with van der Waals surface area (Å²) >= 11 is 0. The first-order valence-electron chi connectivity index (χ1n) is 4.65. The first-order valence-corrected chi connectivity index (χ1v) is 4.65. The van der Waals surface area contributed by atoms with Crippen LogP contribution in [0.4, 0.5) is 13.2 Å². The Morgan fingerprint density at radius 3 is 2.38 bits per heavy atom. The highest BCUT2D eigenvalue weighted by molar-refractivity contribution is 6.14. The number of aliphatic hydroxyl groups excluding tert-OH is 2. The molecule has 4 nitrogen and oxygen atoms in total. The summed E-state index contributed by atoms with van der Waals surface area (Å²) in [4.78, 5) is 11.3. The van der Waals surface area contributed by atoms with Crippen LogP contribution in [0.5, 0.6) is 0 Å². The van der Waals surface area contributed by atoms with E-state index in [2.05, 4.69) is 0 Å². The van der Waals surface area contributed by atoms with E-state index in [1.54, 1.807) is 0 Å². The Bertz CT molecular complexity index is 286. The average Bonchev–Trinajstić information content (AvgIpc) is 2.39. The molecule has 0 bridgehead atoms. The van der Waals surface area contributed by atoms with E-state index in [0.29, 0.717) is 4.90 Å². The fourth-order valence-electron chi connectivity index (χ4n) is 1.86. The largest absolute Gasteiger partial charge is 0.471 e. The molecule has 1 saturated heterocycles. The smallest absolute Gasteiger partial charge is 0.394 e. The Kier molecular flexibility index (Phi) is 3.54. The predicted molar refractivity (Wildman–Crippen MR) is 48.5 cm³/mol. The lowest BCUT2D eigenvalue weighted by atomic mass is 9.88. The van der Waals surface area contributed by atoms with Crippen LogP contribution in [0.15, 0.2) is 0 Å². The van der Waals surface area contributed by atoms with E-state index in [4.69, 9.17) is 13.0 Å². The molecule has 2 N–H and O–H groups in total. The second-order valence-electron chi connectivity index (χ2n) is 3.80. The highest BCUT2D eigenvalue weighted by Gasteiger charge is 2.52. The Balaban J connectivity index is 2.98. The van der Waals surface area contributed by atoms with Crippen LogP contribution in [0.3, 0.4) is 0 Å². The van der Waals surface area contributed by atoms with E-state index in [-0.39, 0.29) is 0 Å². The van der Waals surface area contributed by atoms with Gasteiger partial charge in [0, 0.05) is 11.9 Å². The molecule has 1 aliphatic rings. The third-order valence-corrected chi connectivity index (χ3v) is 2.84. The molecule has 1 heterocycles. The van der Waals surface area contributed by atoms with Crippen LogP contribution < -0.4 is 0 Å². The molecule has 0 aromatic heterocycles. The van der Waals surface area contributed by atoms with Crippen LogP contribution in [-0.4, -0.2) is 59.7 Å². The molecule has 0 aromatic rings. The molecular formula is C8H11BF3NO3. The topological polar surface area (TPSA) is 60.8 Å². The van der Waals surface area contributed by atoms with Crippen LogP contribution in [-0.2, 0) is 4.79 Å². The van der Waals surface area contributed by atoms with Gasteiger partial charge in [0.2, 0.25) is 0 Å². The number of carbonyl (C=O) groups is 1. The molecule has 1 fully saturated rings. The lowest BCUT2D eigenvalue weighted by molar-refractivity contribution is -0.188. The third kappa shape index (κ3) is 2.03. The Hall–Kier alpha value is -0.755. The number of rotatable bonds is 1. The highest BCUT2D eigenvalue weighted by atomic mass is 19.4. The summed E-state index contributed by atoms with van der Waals surface area (Å²) < 4.78 is 36.7. The quantitative estimate of drug-likeness (QED) is 0.589. The number of nitrogens with zero attached hydrogens (tertiary/aromatic N) is 1. The summed E-state index contributed by atoms with van der Waals surface area (Å²) in [6.45, 7) is 0.753. The predicted octanol–water partition coefficient (Wildman–Crippen LogP) is -0.757. The number of hydrogen-bond acceptors (Lipinski definition) is 3. The van der Waals surface area contributed by atoms with Gasteiger partial charge in [-0.05, 0) is 0 Å². The van der Waals surface area contributed by atoms with Gasteiger partial charge in [0.05, 0.1) is 18.8 Å². The monoisotopic (exact) mass is 237 g/mol. The summed E-state index contributed by atoms with van der Waals surface area (Å²) in [6, 6.07) is -1.11. The number of hydrogen-bond donors (Lipinski definition) is 2. The zero-order chi connectivity index (χ0) is 12.7. The van der Waals surface area contributed by atoms with Crippen molar-refractivity contribution in [1.82, 2.24) is 4.90 Å². The molecule has 0 aliphatic carbocycles. The Morgan fingerprint density at radius 1 is 1.50 bits per heavy atom. The van der Waals surface area contributed by atoms with E-state index in [1.165, 1.54) is 6.92 Å². The number of carbonyl (C=O) groups excluding carboxylic acids is 1. The maximum Gasteiger partial charge on any atom is 0.471 e. The van der Waals surface area contributed by atoms with Crippen molar-refractivity contribution in [3.63, 3.8) is 0 Å². The van der Waals surface area contributed by atoms with Crippen molar-refractivity contribution in [2.24, 2.45) is 5.92 Å². The van der Waals surface area contributed by atoms with E-state index in [9.17, 15) is 23.1 Å². The standard InChI is InChI=1S/C8H11BF3NO3/c1-3-4(2-14)13(6(9)5(3)15)7(16)8(10,11)12/h3-6,14-15H,2H2,1H3/t3-,4-,5-,6-/m1/s1.